The summed E-state index contributed by atoms with van der Waals surface area (Å²) in [5.74, 6) is -0.606. The number of aromatic nitrogens is 1. The third-order valence-corrected chi connectivity index (χ3v) is 2.36. The first-order valence-electron chi connectivity index (χ1n) is 5.80. The van der Waals surface area contributed by atoms with Crippen molar-refractivity contribution >= 4 is 5.91 Å². The largest absolute Gasteiger partial charge is 0.337 e. The van der Waals surface area contributed by atoms with Gasteiger partial charge in [0.1, 0.15) is 11.5 Å². The van der Waals surface area contributed by atoms with E-state index < -0.39 is 5.82 Å². The zero-order chi connectivity index (χ0) is 12.7. The Morgan fingerprint density at radius 1 is 1.47 bits per heavy atom. The predicted octanol–water partition coefficient (Wildman–Crippen LogP) is 1.42. The molecule has 0 saturated carbocycles. The molecule has 0 fully saturated rings. The zero-order valence-electron chi connectivity index (χ0n) is 10.0. The lowest BCUT2D eigenvalue weighted by Gasteiger charge is -2.21. The maximum Gasteiger partial charge on any atom is 0.272 e. The summed E-state index contributed by atoms with van der Waals surface area (Å²) in [7, 11) is 0. The SMILES string of the molecule is CCCN(CCCN)C(=O)c1ccc(F)cn1. The van der Waals surface area contributed by atoms with Gasteiger partial charge in [-0.15, -0.1) is 0 Å². The van der Waals surface area contributed by atoms with Crippen molar-refractivity contribution in [1.82, 2.24) is 9.88 Å². The molecule has 0 bridgehead atoms. The van der Waals surface area contributed by atoms with Crippen LogP contribution in [0, 0.1) is 5.82 Å². The Balaban J connectivity index is 2.72. The molecule has 0 aliphatic heterocycles. The molecule has 0 unspecified atom stereocenters. The van der Waals surface area contributed by atoms with Crippen molar-refractivity contribution in [2.75, 3.05) is 19.6 Å². The maximum atomic E-state index is 12.7. The Kier molecular flexibility index (Phi) is 5.56. The first-order chi connectivity index (χ1) is 8.19. The minimum absolute atomic E-state index is 0.166. The Labute approximate surface area is 101 Å². The quantitative estimate of drug-likeness (QED) is 0.816. The average Bonchev–Trinajstić information content (AvgIpc) is 2.34. The van der Waals surface area contributed by atoms with Crippen LogP contribution in [0.1, 0.15) is 30.3 Å². The molecule has 5 heteroatoms. The number of halogens is 1. The number of amides is 1. The molecule has 1 amide bonds. The molecular weight excluding hydrogens is 221 g/mol. The van der Waals surface area contributed by atoms with Crippen LogP contribution in [-0.4, -0.2) is 35.4 Å². The van der Waals surface area contributed by atoms with Crippen LogP contribution in [0.5, 0.6) is 0 Å². The normalized spacial score (nSPS) is 10.3. The fourth-order valence-electron chi connectivity index (χ4n) is 1.53. The number of hydrogen-bond acceptors (Lipinski definition) is 3. The Bertz CT molecular complexity index is 353. The van der Waals surface area contributed by atoms with Crippen LogP contribution in [0.2, 0.25) is 0 Å². The van der Waals surface area contributed by atoms with Gasteiger partial charge in [-0.05, 0) is 31.5 Å². The molecule has 0 radical (unpaired) electrons. The van der Waals surface area contributed by atoms with Gasteiger partial charge >= 0.3 is 0 Å². The number of nitrogens with two attached hydrogens (primary N) is 1. The number of carbonyl (C=O) groups excluding carboxylic acids is 1. The van der Waals surface area contributed by atoms with Crippen molar-refractivity contribution in [3.05, 3.63) is 29.8 Å². The highest BCUT2D eigenvalue weighted by molar-refractivity contribution is 5.92. The molecule has 4 nitrogen and oxygen atoms in total. The van der Waals surface area contributed by atoms with E-state index in [9.17, 15) is 9.18 Å². The Morgan fingerprint density at radius 2 is 2.24 bits per heavy atom. The number of nitrogens with zero attached hydrogens (tertiary/aromatic N) is 2. The van der Waals surface area contributed by atoms with Gasteiger partial charge in [0.25, 0.3) is 5.91 Å². The number of hydrogen-bond donors (Lipinski definition) is 1. The highest BCUT2D eigenvalue weighted by atomic mass is 19.1. The van der Waals surface area contributed by atoms with Gasteiger partial charge in [-0.2, -0.15) is 0 Å². The summed E-state index contributed by atoms with van der Waals surface area (Å²) >= 11 is 0. The lowest BCUT2D eigenvalue weighted by Crippen LogP contribution is -2.34. The summed E-state index contributed by atoms with van der Waals surface area (Å²) < 4.78 is 12.7. The van der Waals surface area contributed by atoms with E-state index in [-0.39, 0.29) is 11.6 Å². The van der Waals surface area contributed by atoms with Gasteiger partial charge < -0.3 is 10.6 Å². The summed E-state index contributed by atoms with van der Waals surface area (Å²) in [5, 5.41) is 0. The maximum absolute atomic E-state index is 12.7. The molecule has 94 valence electrons. The Hall–Kier alpha value is -1.49. The summed E-state index contributed by atoms with van der Waals surface area (Å²) in [6.45, 7) is 3.82. The van der Waals surface area contributed by atoms with Crippen LogP contribution >= 0.6 is 0 Å². The predicted molar refractivity (Wildman–Crippen MR) is 64.1 cm³/mol. The van der Waals surface area contributed by atoms with Gasteiger partial charge in [0.2, 0.25) is 0 Å². The molecule has 0 aromatic carbocycles. The minimum Gasteiger partial charge on any atom is -0.337 e. The second-order valence-corrected chi connectivity index (χ2v) is 3.80. The van der Waals surface area contributed by atoms with Crippen LogP contribution in [-0.2, 0) is 0 Å². The highest BCUT2D eigenvalue weighted by Crippen LogP contribution is 2.05. The topological polar surface area (TPSA) is 59.2 Å². The molecule has 17 heavy (non-hydrogen) atoms. The van der Waals surface area contributed by atoms with Crippen molar-refractivity contribution in [2.24, 2.45) is 5.73 Å². The molecule has 1 heterocycles. The van der Waals surface area contributed by atoms with E-state index in [4.69, 9.17) is 5.73 Å². The molecule has 0 atom stereocenters. The molecule has 0 aliphatic rings. The van der Waals surface area contributed by atoms with Crippen molar-refractivity contribution in [2.45, 2.75) is 19.8 Å². The van der Waals surface area contributed by atoms with Crippen molar-refractivity contribution < 1.29 is 9.18 Å². The fourth-order valence-corrected chi connectivity index (χ4v) is 1.53. The molecule has 0 spiro atoms. The highest BCUT2D eigenvalue weighted by Gasteiger charge is 2.15. The molecule has 2 N–H and O–H groups in total. The van der Waals surface area contributed by atoms with Crippen LogP contribution in [0.25, 0.3) is 0 Å². The van der Waals surface area contributed by atoms with Crippen molar-refractivity contribution in [3.8, 4) is 0 Å². The van der Waals surface area contributed by atoms with Crippen LogP contribution in [0.4, 0.5) is 4.39 Å². The van der Waals surface area contributed by atoms with E-state index in [0.29, 0.717) is 19.6 Å². The minimum atomic E-state index is -0.439. The lowest BCUT2D eigenvalue weighted by molar-refractivity contribution is 0.0748. The monoisotopic (exact) mass is 239 g/mol. The summed E-state index contributed by atoms with van der Waals surface area (Å²) in [4.78, 5) is 17.5. The van der Waals surface area contributed by atoms with E-state index >= 15 is 0 Å². The van der Waals surface area contributed by atoms with Gasteiger partial charge in [-0.1, -0.05) is 6.92 Å². The van der Waals surface area contributed by atoms with Gasteiger partial charge in [0.15, 0.2) is 0 Å². The first kappa shape index (κ1) is 13.6. The summed E-state index contributed by atoms with van der Waals surface area (Å²) in [5.41, 5.74) is 5.70. The van der Waals surface area contributed by atoms with E-state index in [1.54, 1.807) is 4.90 Å². The zero-order valence-corrected chi connectivity index (χ0v) is 10.0. The number of pyridine rings is 1. The van der Waals surface area contributed by atoms with Gasteiger partial charge in [0.05, 0.1) is 6.20 Å². The van der Waals surface area contributed by atoms with Crippen molar-refractivity contribution in [3.63, 3.8) is 0 Å². The van der Waals surface area contributed by atoms with E-state index in [1.165, 1.54) is 12.1 Å². The van der Waals surface area contributed by atoms with Gasteiger partial charge in [-0.25, -0.2) is 9.37 Å². The molecular formula is C12H18FN3O. The standard InChI is InChI=1S/C12H18FN3O/c1-2-7-16(8-3-6-14)12(17)11-5-4-10(13)9-15-11/h4-5,9H,2-3,6-8,14H2,1H3. The molecule has 1 aromatic rings. The second kappa shape index (κ2) is 6.96. The average molecular weight is 239 g/mol. The third kappa shape index (κ3) is 4.11. The fraction of sp³-hybridized carbons (Fsp3) is 0.500. The number of rotatable bonds is 6. The number of carbonyl (C=O) groups is 1. The van der Waals surface area contributed by atoms with E-state index in [1.807, 2.05) is 6.92 Å². The first-order valence-corrected chi connectivity index (χ1v) is 5.80. The van der Waals surface area contributed by atoms with Crippen molar-refractivity contribution in [1.29, 1.82) is 0 Å². The summed E-state index contributed by atoms with van der Waals surface area (Å²) in [6.07, 6.45) is 2.69. The van der Waals surface area contributed by atoms with Crippen LogP contribution < -0.4 is 5.73 Å². The smallest absolute Gasteiger partial charge is 0.272 e. The second-order valence-electron chi connectivity index (χ2n) is 3.80. The molecule has 1 rings (SSSR count). The summed E-state index contributed by atoms with van der Waals surface area (Å²) in [6, 6.07) is 2.65. The van der Waals surface area contributed by atoms with Gasteiger partial charge in [0, 0.05) is 13.1 Å². The molecule has 1 aromatic heterocycles. The lowest BCUT2D eigenvalue weighted by atomic mass is 10.2. The van der Waals surface area contributed by atoms with Crippen LogP contribution in [0.15, 0.2) is 18.3 Å². The molecule has 0 saturated heterocycles. The van der Waals surface area contributed by atoms with E-state index in [2.05, 4.69) is 4.98 Å². The Morgan fingerprint density at radius 3 is 2.76 bits per heavy atom. The molecule has 0 aliphatic carbocycles. The van der Waals surface area contributed by atoms with E-state index in [0.717, 1.165) is 19.0 Å². The third-order valence-electron chi connectivity index (χ3n) is 2.36. The van der Waals surface area contributed by atoms with Gasteiger partial charge in [-0.3, -0.25) is 4.79 Å². The van der Waals surface area contributed by atoms with Crippen LogP contribution in [0.3, 0.4) is 0 Å².